The fourth-order valence-electron chi connectivity index (χ4n) is 1.91. The van der Waals surface area contributed by atoms with E-state index < -0.39 is 47.3 Å². The molecule has 0 radical (unpaired) electrons. The summed E-state index contributed by atoms with van der Waals surface area (Å²) >= 11 is 2.95. The predicted octanol–water partition coefficient (Wildman–Crippen LogP) is 4.08. The first kappa shape index (κ1) is 19.3. The van der Waals surface area contributed by atoms with Crippen molar-refractivity contribution in [2.45, 2.75) is 45.8 Å². The van der Waals surface area contributed by atoms with Gasteiger partial charge in [-0.1, -0.05) is 0 Å². The fraction of sp³-hybridized carbons (Fsp3) is 0.467. The van der Waals surface area contributed by atoms with E-state index >= 15 is 0 Å². The first-order chi connectivity index (χ1) is 10.4. The topological polar surface area (TPSA) is 75.6 Å². The maximum Gasteiger partial charge on any atom is 0.408 e. The molecule has 0 bridgehead atoms. The fourth-order valence-corrected chi connectivity index (χ4v) is 2.47. The Hall–Kier alpha value is -1.70. The second kappa shape index (κ2) is 7.25. The van der Waals surface area contributed by atoms with Gasteiger partial charge < -0.3 is 15.2 Å². The van der Waals surface area contributed by atoms with Crippen LogP contribution in [0.4, 0.5) is 13.6 Å². The van der Waals surface area contributed by atoms with Crippen LogP contribution in [-0.2, 0) is 9.53 Å². The molecule has 0 fully saturated rings. The Kier molecular flexibility index (Phi) is 6.10. The number of benzene rings is 1. The van der Waals surface area contributed by atoms with E-state index in [0.717, 1.165) is 0 Å². The molecule has 1 amide bonds. The SMILES string of the molecule is Cc1cc(Br)c(F)c([C@H](CC(=O)O)NC(=O)OC(C)(C)C)c1F. The quantitative estimate of drug-likeness (QED) is 0.755. The highest BCUT2D eigenvalue weighted by molar-refractivity contribution is 9.10. The number of hydrogen-bond acceptors (Lipinski definition) is 3. The highest BCUT2D eigenvalue weighted by Gasteiger charge is 2.29. The highest BCUT2D eigenvalue weighted by Crippen LogP contribution is 2.31. The zero-order valence-electron chi connectivity index (χ0n) is 13.2. The molecule has 1 rings (SSSR count). The van der Waals surface area contributed by atoms with E-state index in [9.17, 15) is 18.4 Å². The molecule has 0 aliphatic heterocycles. The summed E-state index contributed by atoms with van der Waals surface area (Å²) in [6.45, 7) is 6.25. The molecule has 1 aromatic carbocycles. The van der Waals surface area contributed by atoms with Gasteiger partial charge in [0.05, 0.1) is 16.9 Å². The van der Waals surface area contributed by atoms with Crippen molar-refractivity contribution < 1.29 is 28.2 Å². The molecular weight excluding hydrogens is 376 g/mol. The van der Waals surface area contributed by atoms with Gasteiger partial charge in [0.15, 0.2) is 0 Å². The third kappa shape index (κ3) is 5.46. The van der Waals surface area contributed by atoms with Crippen molar-refractivity contribution in [3.63, 3.8) is 0 Å². The maximum absolute atomic E-state index is 14.3. The number of ether oxygens (including phenoxy) is 1. The summed E-state index contributed by atoms with van der Waals surface area (Å²) in [6, 6.07) is -0.169. The number of rotatable bonds is 4. The zero-order chi connectivity index (χ0) is 17.9. The summed E-state index contributed by atoms with van der Waals surface area (Å²) in [4.78, 5) is 22.8. The molecule has 0 aliphatic rings. The van der Waals surface area contributed by atoms with Crippen molar-refractivity contribution in [3.05, 3.63) is 33.3 Å². The van der Waals surface area contributed by atoms with Crippen LogP contribution in [0.5, 0.6) is 0 Å². The number of hydrogen-bond donors (Lipinski definition) is 2. The van der Waals surface area contributed by atoms with Crippen molar-refractivity contribution in [3.8, 4) is 0 Å². The monoisotopic (exact) mass is 393 g/mol. The van der Waals surface area contributed by atoms with Crippen molar-refractivity contribution in [2.75, 3.05) is 0 Å². The number of aryl methyl sites for hydroxylation is 1. The first-order valence-electron chi connectivity index (χ1n) is 6.77. The van der Waals surface area contributed by atoms with Crippen molar-refractivity contribution in [2.24, 2.45) is 0 Å². The molecule has 2 N–H and O–H groups in total. The first-order valence-corrected chi connectivity index (χ1v) is 7.57. The Morgan fingerprint density at radius 3 is 2.39 bits per heavy atom. The van der Waals surface area contributed by atoms with Gasteiger partial charge in [-0.15, -0.1) is 0 Å². The molecule has 128 valence electrons. The van der Waals surface area contributed by atoms with E-state index in [4.69, 9.17) is 9.84 Å². The number of aliphatic carboxylic acids is 1. The summed E-state index contributed by atoms with van der Waals surface area (Å²) in [7, 11) is 0. The molecule has 0 aliphatic carbocycles. The molecule has 8 heteroatoms. The predicted molar refractivity (Wildman–Crippen MR) is 83.2 cm³/mol. The van der Waals surface area contributed by atoms with E-state index in [1.807, 2.05) is 0 Å². The van der Waals surface area contributed by atoms with E-state index in [1.54, 1.807) is 20.8 Å². The number of nitrogens with one attached hydrogen (secondary N) is 1. The second-order valence-electron chi connectivity index (χ2n) is 6.01. The van der Waals surface area contributed by atoms with Gasteiger partial charge >= 0.3 is 12.1 Å². The average molecular weight is 394 g/mol. The number of halogens is 3. The minimum atomic E-state index is -1.40. The normalized spacial score (nSPS) is 12.7. The van der Waals surface area contributed by atoms with Crippen LogP contribution in [0.3, 0.4) is 0 Å². The summed E-state index contributed by atoms with van der Waals surface area (Å²) in [6.07, 6.45) is -1.65. The lowest BCUT2D eigenvalue weighted by molar-refractivity contribution is -0.137. The third-order valence-corrected chi connectivity index (χ3v) is 3.37. The smallest absolute Gasteiger partial charge is 0.408 e. The minimum absolute atomic E-state index is 0.0206. The van der Waals surface area contributed by atoms with Gasteiger partial charge in [0.25, 0.3) is 0 Å². The Balaban J connectivity index is 3.23. The van der Waals surface area contributed by atoms with Gasteiger partial charge in [-0.05, 0) is 55.3 Å². The van der Waals surface area contributed by atoms with Crippen molar-refractivity contribution in [1.29, 1.82) is 0 Å². The standard InChI is InChI=1S/C15H18BrF2NO4/c1-7-5-8(16)13(18)11(12(7)17)9(6-10(20)21)19-14(22)23-15(2,3)4/h5,9H,6H2,1-4H3,(H,19,22)(H,20,21)/t9-/m0/s1. The lowest BCUT2D eigenvalue weighted by atomic mass is 10.00. The lowest BCUT2D eigenvalue weighted by Crippen LogP contribution is -2.36. The number of amides is 1. The van der Waals surface area contributed by atoms with Gasteiger partial charge in [0.2, 0.25) is 0 Å². The molecular formula is C15H18BrF2NO4. The largest absolute Gasteiger partial charge is 0.481 e. The van der Waals surface area contributed by atoms with Gasteiger partial charge in [0, 0.05) is 5.56 Å². The number of alkyl carbamates (subject to hydrolysis) is 1. The van der Waals surface area contributed by atoms with E-state index in [0.29, 0.717) is 0 Å². The molecule has 1 aromatic rings. The Morgan fingerprint density at radius 1 is 1.35 bits per heavy atom. The summed E-state index contributed by atoms with van der Waals surface area (Å²) in [5, 5.41) is 11.2. The van der Waals surface area contributed by atoms with E-state index in [-0.39, 0.29) is 10.0 Å². The second-order valence-corrected chi connectivity index (χ2v) is 6.87. The molecule has 5 nitrogen and oxygen atoms in total. The number of carboxylic acid groups (broad SMARTS) is 1. The van der Waals surface area contributed by atoms with E-state index in [2.05, 4.69) is 21.2 Å². The molecule has 0 spiro atoms. The van der Waals surface area contributed by atoms with Crippen LogP contribution in [0.2, 0.25) is 0 Å². The maximum atomic E-state index is 14.3. The Labute approximate surface area is 141 Å². The van der Waals surface area contributed by atoms with Crippen LogP contribution < -0.4 is 5.32 Å². The summed E-state index contributed by atoms with van der Waals surface area (Å²) < 4.78 is 33.5. The van der Waals surface area contributed by atoms with E-state index in [1.165, 1.54) is 13.0 Å². The van der Waals surface area contributed by atoms with Crippen molar-refractivity contribution in [1.82, 2.24) is 5.32 Å². The van der Waals surface area contributed by atoms with Crippen LogP contribution in [-0.4, -0.2) is 22.8 Å². The molecule has 0 saturated carbocycles. The van der Waals surface area contributed by atoms with Gasteiger partial charge in [-0.3, -0.25) is 4.79 Å². The van der Waals surface area contributed by atoms with Gasteiger partial charge in [-0.2, -0.15) is 0 Å². The highest BCUT2D eigenvalue weighted by atomic mass is 79.9. The third-order valence-electron chi connectivity index (χ3n) is 2.79. The Bertz CT molecular complexity index is 603. The molecule has 0 aromatic heterocycles. The van der Waals surface area contributed by atoms with Gasteiger partial charge in [0.1, 0.15) is 17.2 Å². The zero-order valence-corrected chi connectivity index (χ0v) is 14.8. The van der Waals surface area contributed by atoms with Crippen molar-refractivity contribution >= 4 is 28.0 Å². The van der Waals surface area contributed by atoms with Crippen LogP contribution in [0.25, 0.3) is 0 Å². The average Bonchev–Trinajstić information content (AvgIpc) is 2.33. The lowest BCUT2D eigenvalue weighted by Gasteiger charge is -2.24. The number of carbonyl (C=O) groups is 2. The number of carbonyl (C=O) groups excluding carboxylic acids is 1. The Morgan fingerprint density at radius 2 is 1.91 bits per heavy atom. The van der Waals surface area contributed by atoms with Crippen LogP contribution in [0.15, 0.2) is 10.5 Å². The molecule has 0 unspecified atom stereocenters. The van der Waals surface area contributed by atoms with Crippen LogP contribution >= 0.6 is 15.9 Å². The molecule has 0 heterocycles. The van der Waals surface area contributed by atoms with Crippen LogP contribution in [0, 0.1) is 18.6 Å². The minimum Gasteiger partial charge on any atom is -0.481 e. The molecule has 23 heavy (non-hydrogen) atoms. The number of carboxylic acids is 1. The van der Waals surface area contributed by atoms with Gasteiger partial charge in [-0.25, -0.2) is 13.6 Å². The summed E-state index contributed by atoms with van der Waals surface area (Å²) in [5.41, 5.74) is -1.23. The molecule has 1 atom stereocenters. The van der Waals surface area contributed by atoms with Crippen LogP contribution in [0.1, 0.15) is 44.4 Å². The molecule has 0 saturated heterocycles. The summed E-state index contributed by atoms with van der Waals surface area (Å²) in [5.74, 6) is -3.19.